The molecule has 0 atom stereocenters. The average Bonchev–Trinajstić information content (AvgIpc) is 2.28. The maximum absolute atomic E-state index is 5.60. The van der Waals surface area contributed by atoms with Gasteiger partial charge in [0.25, 0.3) is 0 Å². The zero-order valence-corrected chi connectivity index (χ0v) is 10.2. The molecule has 80 valence electrons. The normalized spacial score (nSPS) is 10.8. The highest BCUT2D eigenvalue weighted by molar-refractivity contribution is 9.10. The first-order valence-corrected chi connectivity index (χ1v) is 5.68. The number of nitrogens with zero attached hydrogens (tertiary/aromatic N) is 1. The minimum atomic E-state index is 0.540. The molecule has 0 fully saturated rings. The van der Waals surface area contributed by atoms with Crippen molar-refractivity contribution in [2.24, 2.45) is 0 Å². The third-order valence-electron chi connectivity index (χ3n) is 2.14. The van der Waals surface area contributed by atoms with Crippen LogP contribution in [-0.4, -0.2) is 4.98 Å². The van der Waals surface area contributed by atoms with Gasteiger partial charge in [-0.1, -0.05) is 40.2 Å². The minimum absolute atomic E-state index is 0.540. The molecule has 0 amide bonds. The van der Waals surface area contributed by atoms with Crippen LogP contribution < -0.4 is 5.73 Å². The molecule has 0 radical (unpaired) electrons. The zero-order chi connectivity index (χ0) is 11.4. The molecule has 16 heavy (non-hydrogen) atoms. The lowest BCUT2D eigenvalue weighted by molar-refractivity contribution is 1.33. The molecular weight excluding hydrogens is 264 g/mol. The van der Waals surface area contributed by atoms with E-state index in [9.17, 15) is 0 Å². The zero-order valence-electron chi connectivity index (χ0n) is 8.60. The van der Waals surface area contributed by atoms with Crippen molar-refractivity contribution in [1.82, 2.24) is 4.98 Å². The Balaban J connectivity index is 2.18. The molecule has 0 unspecified atom stereocenters. The standard InChI is InChI=1S/C13H11BrN2/c14-12-5-3-10(4-6-12)1-2-11-7-8-16-13(15)9-11/h1-9H,(H2,15,16)/b2-1+. The Morgan fingerprint density at radius 1 is 1.00 bits per heavy atom. The molecule has 2 aromatic rings. The predicted molar refractivity (Wildman–Crippen MR) is 71.7 cm³/mol. The number of halogens is 1. The van der Waals surface area contributed by atoms with Gasteiger partial charge in [-0.2, -0.15) is 0 Å². The van der Waals surface area contributed by atoms with Gasteiger partial charge in [0.05, 0.1) is 0 Å². The molecule has 0 spiro atoms. The largest absolute Gasteiger partial charge is 0.384 e. The maximum Gasteiger partial charge on any atom is 0.123 e. The molecule has 0 aliphatic carbocycles. The van der Waals surface area contributed by atoms with Gasteiger partial charge in [0.1, 0.15) is 5.82 Å². The fraction of sp³-hybridized carbons (Fsp3) is 0. The first-order chi connectivity index (χ1) is 7.74. The number of anilines is 1. The van der Waals surface area contributed by atoms with Crippen LogP contribution in [0.4, 0.5) is 5.82 Å². The maximum atomic E-state index is 5.60. The molecule has 0 aliphatic rings. The van der Waals surface area contributed by atoms with Gasteiger partial charge in [-0.25, -0.2) is 4.98 Å². The van der Waals surface area contributed by atoms with E-state index in [1.807, 2.05) is 48.6 Å². The number of nitrogens with two attached hydrogens (primary N) is 1. The molecule has 1 aromatic heterocycles. The van der Waals surface area contributed by atoms with E-state index < -0.39 is 0 Å². The van der Waals surface area contributed by atoms with Crippen LogP contribution in [0, 0.1) is 0 Å². The van der Waals surface area contributed by atoms with Gasteiger partial charge in [-0.15, -0.1) is 0 Å². The van der Waals surface area contributed by atoms with Gasteiger partial charge in [-0.05, 0) is 35.4 Å². The van der Waals surface area contributed by atoms with Crippen LogP contribution in [-0.2, 0) is 0 Å². The molecule has 1 aromatic carbocycles. The van der Waals surface area contributed by atoms with E-state index in [0.29, 0.717) is 5.82 Å². The molecule has 0 bridgehead atoms. The Hall–Kier alpha value is -1.61. The Labute approximate surface area is 103 Å². The van der Waals surface area contributed by atoms with E-state index in [1.165, 1.54) is 0 Å². The van der Waals surface area contributed by atoms with E-state index in [4.69, 9.17) is 5.73 Å². The van der Waals surface area contributed by atoms with Crippen molar-refractivity contribution in [1.29, 1.82) is 0 Å². The van der Waals surface area contributed by atoms with Crippen molar-refractivity contribution >= 4 is 33.9 Å². The highest BCUT2D eigenvalue weighted by Crippen LogP contribution is 2.13. The summed E-state index contributed by atoms with van der Waals surface area (Å²) in [4.78, 5) is 3.94. The van der Waals surface area contributed by atoms with Crippen LogP contribution in [0.5, 0.6) is 0 Å². The number of hydrogen-bond donors (Lipinski definition) is 1. The summed E-state index contributed by atoms with van der Waals surface area (Å²) in [5.74, 6) is 0.540. The van der Waals surface area contributed by atoms with Crippen molar-refractivity contribution in [3.63, 3.8) is 0 Å². The van der Waals surface area contributed by atoms with Crippen molar-refractivity contribution in [3.05, 3.63) is 58.2 Å². The second-order valence-corrected chi connectivity index (χ2v) is 4.31. The Morgan fingerprint density at radius 2 is 1.69 bits per heavy atom. The lowest BCUT2D eigenvalue weighted by Gasteiger charge is -1.96. The molecule has 2 rings (SSSR count). The van der Waals surface area contributed by atoms with E-state index in [2.05, 4.69) is 20.9 Å². The highest BCUT2D eigenvalue weighted by Gasteiger charge is 1.90. The first-order valence-electron chi connectivity index (χ1n) is 4.89. The fourth-order valence-corrected chi connectivity index (χ4v) is 1.60. The molecular formula is C13H11BrN2. The lowest BCUT2D eigenvalue weighted by Crippen LogP contribution is -1.88. The third kappa shape index (κ3) is 2.94. The first kappa shape index (κ1) is 10.9. The van der Waals surface area contributed by atoms with Crippen LogP contribution in [0.3, 0.4) is 0 Å². The van der Waals surface area contributed by atoms with E-state index in [1.54, 1.807) is 6.20 Å². The molecule has 0 aliphatic heterocycles. The van der Waals surface area contributed by atoms with Crippen LogP contribution in [0.15, 0.2) is 47.1 Å². The monoisotopic (exact) mass is 274 g/mol. The summed E-state index contributed by atoms with van der Waals surface area (Å²) in [5.41, 5.74) is 7.80. The second-order valence-electron chi connectivity index (χ2n) is 3.40. The second kappa shape index (κ2) is 4.94. The van der Waals surface area contributed by atoms with Gasteiger partial charge in [0.15, 0.2) is 0 Å². The summed E-state index contributed by atoms with van der Waals surface area (Å²) >= 11 is 3.40. The fourth-order valence-electron chi connectivity index (χ4n) is 1.34. The van der Waals surface area contributed by atoms with Crippen LogP contribution >= 0.6 is 15.9 Å². The summed E-state index contributed by atoms with van der Waals surface area (Å²) in [6.07, 6.45) is 5.76. The van der Waals surface area contributed by atoms with Crippen molar-refractivity contribution in [2.75, 3.05) is 5.73 Å². The van der Waals surface area contributed by atoms with Crippen LogP contribution in [0.2, 0.25) is 0 Å². The summed E-state index contributed by atoms with van der Waals surface area (Å²) in [6.45, 7) is 0. The predicted octanol–water partition coefficient (Wildman–Crippen LogP) is 3.60. The van der Waals surface area contributed by atoms with Gasteiger partial charge in [-0.3, -0.25) is 0 Å². The number of hydrogen-bond acceptors (Lipinski definition) is 2. The number of benzene rings is 1. The Bertz CT molecular complexity index is 504. The number of aromatic nitrogens is 1. The smallest absolute Gasteiger partial charge is 0.123 e. The topological polar surface area (TPSA) is 38.9 Å². The van der Waals surface area contributed by atoms with Crippen LogP contribution in [0.1, 0.15) is 11.1 Å². The van der Waals surface area contributed by atoms with Gasteiger partial charge >= 0.3 is 0 Å². The average molecular weight is 275 g/mol. The van der Waals surface area contributed by atoms with Crippen molar-refractivity contribution in [2.45, 2.75) is 0 Å². The quantitative estimate of drug-likeness (QED) is 0.909. The lowest BCUT2D eigenvalue weighted by atomic mass is 10.1. The molecule has 2 nitrogen and oxygen atoms in total. The van der Waals surface area contributed by atoms with Gasteiger partial charge in [0.2, 0.25) is 0 Å². The van der Waals surface area contributed by atoms with Crippen molar-refractivity contribution in [3.8, 4) is 0 Å². The number of pyridine rings is 1. The summed E-state index contributed by atoms with van der Waals surface area (Å²) in [7, 11) is 0. The van der Waals surface area contributed by atoms with Gasteiger partial charge in [0, 0.05) is 10.7 Å². The Kier molecular flexibility index (Phi) is 3.37. The summed E-state index contributed by atoms with van der Waals surface area (Å²) < 4.78 is 1.08. The molecule has 0 saturated heterocycles. The SMILES string of the molecule is Nc1cc(/C=C/c2ccc(Br)cc2)ccn1. The minimum Gasteiger partial charge on any atom is -0.384 e. The van der Waals surface area contributed by atoms with Crippen molar-refractivity contribution < 1.29 is 0 Å². The van der Waals surface area contributed by atoms with E-state index in [-0.39, 0.29) is 0 Å². The summed E-state index contributed by atoms with van der Waals surface area (Å²) in [5, 5.41) is 0. The summed E-state index contributed by atoms with van der Waals surface area (Å²) in [6, 6.07) is 11.9. The molecule has 1 heterocycles. The number of rotatable bonds is 2. The molecule has 2 N–H and O–H groups in total. The number of nitrogen functional groups attached to an aromatic ring is 1. The van der Waals surface area contributed by atoms with Gasteiger partial charge < -0.3 is 5.73 Å². The highest BCUT2D eigenvalue weighted by atomic mass is 79.9. The van der Waals surface area contributed by atoms with E-state index in [0.717, 1.165) is 15.6 Å². The third-order valence-corrected chi connectivity index (χ3v) is 2.67. The Morgan fingerprint density at radius 3 is 2.38 bits per heavy atom. The molecule has 0 saturated carbocycles. The molecule has 3 heteroatoms. The van der Waals surface area contributed by atoms with Crippen LogP contribution in [0.25, 0.3) is 12.2 Å². The van der Waals surface area contributed by atoms with E-state index >= 15 is 0 Å².